The van der Waals surface area contributed by atoms with Gasteiger partial charge in [-0.3, -0.25) is 4.79 Å². The maximum absolute atomic E-state index is 12.3. The van der Waals surface area contributed by atoms with Gasteiger partial charge < -0.3 is 19.5 Å². The second kappa shape index (κ2) is 9.41. The number of hydrogen-bond acceptors (Lipinski definition) is 4. The first-order valence-electron chi connectivity index (χ1n) is 8.08. The summed E-state index contributed by atoms with van der Waals surface area (Å²) in [7, 11) is 1.35. The zero-order chi connectivity index (χ0) is 20.0. The molecule has 0 bridgehead atoms. The Morgan fingerprint density at radius 1 is 1.15 bits per heavy atom. The molecule has 2 aromatic rings. The summed E-state index contributed by atoms with van der Waals surface area (Å²) in [5.41, 5.74) is 2.35. The molecule has 2 rings (SSSR count). The SMILES string of the molecule is COc1cc(CNC(=O)COc2c(C)cc(Cl)cc2C)ccc1OC(F)F. The normalized spacial score (nSPS) is 10.6. The van der Waals surface area contributed by atoms with E-state index in [1.165, 1.54) is 19.2 Å². The highest BCUT2D eigenvalue weighted by molar-refractivity contribution is 6.30. The molecule has 0 aliphatic heterocycles. The van der Waals surface area contributed by atoms with Crippen molar-refractivity contribution in [3.63, 3.8) is 0 Å². The molecule has 1 amide bonds. The van der Waals surface area contributed by atoms with E-state index in [1.807, 2.05) is 13.8 Å². The van der Waals surface area contributed by atoms with Gasteiger partial charge in [0.1, 0.15) is 5.75 Å². The number of carbonyl (C=O) groups is 1. The fourth-order valence-corrected chi connectivity index (χ4v) is 2.86. The number of benzene rings is 2. The zero-order valence-electron chi connectivity index (χ0n) is 15.1. The largest absolute Gasteiger partial charge is 0.493 e. The summed E-state index contributed by atoms with van der Waals surface area (Å²) >= 11 is 5.97. The molecule has 0 radical (unpaired) electrons. The molecule has 0 saturated heterocycles. The number of halogens is 3. The van der Waals surface area contributed by atoms with Crippen molar-refractivity contribution in [3.05, 3.63) is 52.0 Å². The minimum absolute atomic E-state index is 0.0698. The number of ether oxygens (including phenoxy) is 3. The first-order chi connectivity index (χ1) is 12.8. The molecule has 0 aliphatic carbocycles. The van der Waals surface area contributed by atoms with E-state index >= 15 is 0 Å². The number of aryl methyl sites for hydroxylation is 2. The van der Waals surface area contributed by atoms with Crippen LogP contribution in [0.3, 0.4) is 0 Å². The van der Waals surface area contributed by atoms with Crippen molar-refractivity contribution in [2.24, 2.45) is 0 Å². The highest BCUT2D eigenvalue weighted by atomic mass is 35.5. The fourth-order valence-electron chi connectivity index (χ4n) is 2.53. The Balaban J connectivity index is 1.92. The van der Waals surface area contributed by atoms with Crippen molar-refractivity contribution in [1.29, 1.82) is 0 Å². The average molecular weight is 400 g/mol. The van der Waals surface area contributed by atoms with Gasteiger partial charge in [-0.05, 0) is 54.8 Å². The predicted molar refractivity (Wildman–Crippen MR) is 97.9 cm³/mol. The summed E-state index contributed by atoms with van der Waals surface area (Å²) in [6.45, 7) is 0.781. The number of rotatable bonds is 8. The average Bonchev–Trinajstić information content (AvgIpc) is 2.59. The Hall–Kier alpha value is -2.54. The van der Waals surface area contributed by atoms with Crippen LogP contribution in [0.25, 0.3) is 0 Å². The Morgan fingerprint density at radius 2 is 1.81 bits per heavy atom. The molecule has 27 heavy (non-hydrogen) atoms. The molecule has 0 aliphatic rings. The van der Waals surface area contributed by atoms with Gasteiger partial charge in [0.2, 0.25) is 0 Å². The topological polar surface area (TPSA) is 56.8 Å². The monoisotopic (exact) mass is 399 g/mol. The molecule has 8 heteroatoms. The van der Waals surface area contributed by atoms with Crippen LogP contribution >= 0.6 is 11.6 Å². The molecule has 0 atom stereocenters. The number of carbonyl (C=O) groups excluding carboxylic acids is 1. The molecule has 0 aromatic heterocycles. The minimum atomic E-state index is -2.94. The van der Waals surface area contributed by atoms with Crippen LogP contribution < -0.4 is 19.5 Å². The van der Waals surface area contributed by atoms with Gasteiger partial charge in [0, 0.05) is 11.6 Å². The number of amides is 1. The third-order valence-electron chi connectivity index (χ3n) is 3.71. The highest BCUT2D eigenvalue weighted by Crippen LogP contribution is 2.29. The third kappa shape index (κ3) is 5.99. The van der Waals surface area contributed by atoms with Crippen molar-refractivity contribution in [2.75, 3.05) is 13.7 Å². The Morgan fingerprint density at radius 3 is 2.41 bits per heavy atom. The predicted octanol–water partition coefficient (Wildman–Crippen LogP) is 4.26. The third-order valence-corrected chi connectivity index (χ3v) is 3.92. The van der Waals surface area contributed by atoms with Crippen molar-refractivity contribution in [3.8, 4) is 17.2 Å². The van der Waals surface area contributed by atoms with Crippen molar-refractivity contribution < 1.29 is 27.8 Å². The molecule has 0 fully saturated rings. The van der Waals surface area contributed by atoms with E-state index in [4.69, 9.17) is 21.1 Å². The number of alkyl halides is 2. The van der Waals surface area contributed by atoms with E-state index in [9.17, 15) is 13.6 Å². The lowest BCUT2D eigenvalue weighted by molar-refractivity contribution is -0.123. The van der Waals surface area contributed by atoms with E-state index in [0.29, 0.717) is 16.3 Å². The van der Waals surface area contributed by atoms with Gasteiger partial charge in [-0.1, -0.05) is 17.7 Å². The quantitative estimate of drug-likeness (QED) is 0.720. The van der Waals surface area contributed by atoms with Crippen LogP contribution in [0.15, 0.2) is 30.3 Å². The van der Waals surface area contributed by atoms with Crippen LogP contribution in [0.2, 0.25) is 5.02 Å². The molecule has 0 unspecified atom stereocenters. The number of methoxy groups -OCH3 is 1. The Bertz CT molecular complexity index is 791. The Labute approximate surface area is 161 Å². The van der Waals surface area contributed by atoms with Gasteiger partial charge in [-0.25, -0.2) is 0 Å². The lowest BCUT2D eigenvalue weighted by Gasteiger charge is -2.13. The standard InChI is InChI=1S/C19H20ClF2NO4/c1-11-6-14(20)7-12(2)18(11)26-10-17(24)23-9-13-4-5-15(27-19(21)22)16(8-13)25-3/h4-8,19H,9-10H2,1-3H3,(H,23,24). The molecule has 0 heterocycles. The fraction of sp³-hybridized carbons (Fsp3) is 0.316. The second-order valence-electron chi connectivity index (χ2n) is 5.80. The van der Waals surface area contributed by atoms with Crippen LogP contribution in [-0.4, -0.2) is 26.2 Å². The molecule has 0 spiro atoms. The van der Waals surface area contributed by atoms with Crippen molar-refractivity contribution >= 4 is 17.5 Å². The molecule has 2 aromatic carbocycles. The van der Waals surface area contributed by atoms with Gasteiger partial charge >= 0.3 is 6.61 Å². The maximum atomic E-state index is 12.3. The highest BCUT2D eigenvalue weighted by Gasteiger charge is 2.12. The molecular weight excluding hydrogens is 380 g/mol. The smallest absolute Gasteiger partial charge is 0.387 e. The van der Waals surface area contributed by atoms with Gasteiger partial charge in [-0.15, -0.1) is 0 Å². The first kappa shape index (κ1) is 20.8. The van der Waals surface area contributed by atoms with Gasteiger partial charge in [-0.2, -0.15) is 8.78 Å². The van der Waals surface area contributed by atoms with Crippen LogP contribution in [0, 0.1) is 13.8 Å². The number of nitrogens with one attached hydrogen (secondary N) is 1. The van der Waals surface area contributed by atoms with E-state index in [0.717, 1.165) is 11.1 Å². The minimum Gasteiger partial charge on any atom is -0.493 e. The van der Waals surface area contributed by atoms with E-state index < -0.39 is 6.61 Å². The first-order valence-corrected chi connectivity index (χ1v) is 8.46. The summed E-state index contributed by atoms with van der Waals surface area (Å²) < 4.78 is 39.6. The summed E-state index contributed by atoms with van der Waals surface area (Å²) in [5.74, 6) is 0.380. The molecule has 1 N–H and O–H groups in total. The lowest BCUT2D eigenvalue weighted by Crippen LogP contribution is -2.28. The van der Waals surface area contributed by atoms with Crippen LogP contribution in [0.1, 0.15) is 16.7 Å². The molecular formula is C19H20ClF2NO4. The van der Waals surface area contributed by atoms with Gasteiger partial charge in [0.25, 0.3) is 5.91 Å². The zero-order valence-corrected chi connectivity index (χ0v) is 15.9. The van der Waals surface area contributed by atoms with Crippen LogP contribution in [-0.2, 0) is 11.3 Å². The summed E-state index contributed by atoms with van der Waals surface area (Å²) in [5, 5.41) is 3.30. The van der Waals surface area contributed by atoms with Crippen molar-refractivity contribution in [2.45, 2.75) is 27.0 Å². The summed E-state index contributed by atoms with van der Waals surface area (Å²) in [6, 6.07) is 7.97. The van der Waals surface area contributed by atoms with Crippen LogP contribution in [0.5, 0.6) is 17.2 Å². The maximum Gasteiger partial charge on any atom is 0.387 e. The van der Waals surface area contributed by atoms with Gasteiger partial charge in [0.15, 0.2) is 18.1 Å². The van der Waals surface area contributed by atoms with E-state index in [-0.39, 0.29) is 30.6 Å². The molecule has 0 saturated carbocycles. The van der Waals surface area contributed by atoms with E-state index in [1.54, 1.807) is 18.2 Å². The molecule has 146 valence electrons. The Kier molecular flexibility index (Phi) is 7.24. The summed E-state index contributed by atoms with van der Waals surface area (Å²) in [6.07, 6.45) is 0. The van der Waals surface area contributed by atoms with Crippen molar-refractivity contribution in [1.82, 2.24) is 5.32 Å². The lowest BCUT2D eigenvalue weighted by atomic mass is 10.1. The summed E-state index contributed by atoms with van der Waals surface area (Å²) in [4.78, 5) is 12.0. The second-order valence-corrected chi connectivity index (χ2v) is 6.23. The number of hydrogen-bond donors (Lipinski definition) is 1. The molecule has 5 nitrogen and oxygen atoms in total. The van der Waals surface area contributed by atoms with E-state index in [2.05, 4.69) is 10.1 Å². The van der Waals surface area contributed by atoms with Crippen LogP contribution in [0.4, 0.5) is 8.78 Å². The van der Waals surface area contributed by atoms with Gasteiger partial charge in [0.05, 0.1) is 7.11 Å².